The van der Waals surface area contributed by atoms with E-state index >= 15 is 0 Å². The molecule has 1 fully saturated rings. The molecule has 158 valence electrons. The molecule has 2 aliphatic rings. The third kappa shape index (κ3) is 4.67. The monoisotopic (exact) mass is 409 g/mol. The fourth-order valence-corrected chi connectivity index (χ4v) is 3.73. The van der Waals surface area contributed by atoms with Crippen molar-refractivity contribution in [2.24, 2.45) is 0 Å². The van der Waals surface area contributed by atoms with E-state index < -0.39 is 12.2 Å². The molecule has 0 aromatic heterocycles. The van der Waals surface area contributed by atoms with Gasteiger partial charge in [0.05, 0.1) is 0 Å². The number of urea groups is 1. The molecule has 0 aliphatic carbocycles. The highest BCUT2D eigenvalue weighted by Crippen LogP contribution is 2.33. The molecular weight excluding hydrogens is 382 g/mol. The van der Waals surface area contributed by atoms with Crippen molar-refractivity contribution in [3.05, 3.63) is 48.5 Å². The molecule has 0 bridgehead atoms. The van der Waals surface area contributed by atoms with Gasteiger partial charge in [0.15, 0.2) is 11.5 Å². The Morgan fingerprint density at radius 2 is 1.40 bits per heavy atom. The van der Waals surface area contributed by atoms with Crippen LogP contribution in [0.3, 0.4) is 0 Å². The Morgan fingerprint density at radius 1 is 0.833 bits per heavy atom. The van der Waals surface area contributed by atoms with Crippen LogP contribution in [0.5, 0.6) is 11.5 Å². The molecule has 2 N–H and O–H groups in total. The van der Waals surface area contributed by atoms with Crippen LogP contribution in [0.2, 0.25) is 0 Å². The van der Waals surface area contributed by atoms with Gasteiger partial charge in [-0.1, -0.05) is 25.0 Å². The molecule has 0 spiro atoms. The van der Waals surface area contributed by atoms with Gasteiger partial charge in [-0.2, -0.15) is 0 Å². The van der Waals surface area contributed by atoms with Crippen LogP contribution in [0, 0.1) is 0 Å². The fourth-order valence-electron chi connectivity index (χ4n) is 3.73. The van der Waals surface area contributed by atoms with Gasteiger partial charge in [0, 0.05) is 24.5 Å². The Hall–Kier alpha value is -3.22. The van der Waals surface area contributed by atoms with E-state index in [1.807, 2.05) is 30.0 Å². The number of hydrogen-bond acceptors (Lipinski definition) is 4. The maximum atomic E-state index is 12.7. The summed E-state index contributed by atoms with van der Waals surface area (Å²) in [7, 11) is 0. The van der Waals surface area contributed by atoms with E-state index in [9.17, 15) is 9.59 Å². The van der Waals surface area contributed by atoms with Gasteiger partial charge < -0.3 is 25.0 Å². The van der Waals surface area contributed by atoms with E-state index in [0.717, 1.165) is 25.9 Å². The van der Waals surface area contributed by atoms with Crippen LogP contribution in [0.1, 0.15) is 32.6 Å². The lowest BCUT2D eigenvalue weighted by molar-refractivity contribution is -0.128. The Kier molecular flexibility index (Phi) is 6.07. The Labute approximate surface area is 176 Å². The number of nitrogens with zero attached hydrogens (tertiary/aromatic N) is 1. The van der Waals surface area contributed by atoms with Crippen molar-refractivity contribution in [1.82, 2.24) is 4.90 Å². The molecule has 30 heavy (non-hydrogen) atoms. The first-order valence-electron chi connectivity index (χ1n) is 10.5. The first kappa shape index (κ1) is 20.1. The normalized spacial score (nSPS) is 20.8. The highest BCUT2D eigenvalue weighted by atomic mass is 16.6. The number of anilines is 2. The zero-order valence-corrected chi connectivity index (χ0v) is 17.1. The van der Waals surface area contributed by atoms with Crippen molar-refractivity contribution in [3.63, 3.8) is 0 Å². The number of carbonyl (C=O) groups excluding carboxylic acids is 2. The van der Waals surface area contributed by atoms with Gasteiger partial charge in [0.25, 0.3) is 5.91 Å². The second kappa shape index (κ2) is 9.07. The van der Waals surface area contributed by atoms with Crippen molar-refractivity contribution in [2.45, 2.75) is 44.8 Å². The van der Waals surface area contributed by atoms with Gasteiger partial charge in [-0.15, -0.1) is 0 Å². The lowest BCUT2D eigenvalue weighted by Crippen LogP contribution is -2.46. The lowest BCUT2D eigenvalue weighted by atomic mass is 10.1. The lowest BCUT2D eigenvalue weighted by Gasteiger charge is -2.31. The minimum Gasteiger partial charge on any atom is -0.482 e. The second-order valence-corrected chi connectivity index (χ2v) is 7.71. The topological polar surface area (TPSA) is 79.9 Å². The third-order valence-electron chi connectivity index (χ3n) is 5.40. The summed E-state index contributed by atoms with van der Waals surface area (Å²) in [6.45, 7) is 3.40. The van der Waals surface area contributed by atoms with Crippen LogP contribution in [0.25, 0.3) is 0 Å². The minimum atomic E-state index is -0.748. The van der Waals surface area contributed by atoms with E-state index in [-0.39, 0.29) is 11.9 Å². The molecule has 0 radical (unpaired) electrons. The predicted molar refractivity (Wildman–Crippen MR) is 115 cm³/mol. The number of carbonyl (C=O) groups is 2. The van der Waals surface area contributed by atoms with Crippen molar-refractivity contribution < 1.29 is 19.1 Å². The van der Waals surface area contributed by atoms with Crippen molar-refractivity contribution >= 4 is 23.3 Å². The number of amides is 3. The number of likely N-dealkylation sites (tertiary alicyclic amines) is 1. The zero-order chi connectivity index (χ0) is 20.9. The number of fused-ring (bicyclic) bond motifs is 1. The van der Waals surface area contributed by atoms with E-state index in [4.69, 9.17) is 9.47 Å². The van der Waals surface area contributed by atoms with Crippen molar-refractivity contribution in [2.75, 3.05) is 23.7 Å². The van der Waals surface area contributed by atoms with E-state index in [2.05, 4.69) is 10.6 Å². The number of hydrogen-bond donors (Lipinski definition) is 2. The summed E-state index contributed by atoms with van der Waals surface area (Å²) in [5.41, 5.74) is 1.32. The molecular formula is C23H27N3O4. The van der Waals surface area contributed by atoms with Gasteiger partial charge >= 0.3 is 6.03 Å². The number of nitrogens with one attached hydrogen (secondary N) is 2. The molecule has 2 aromatic carbocycles. The van der Waals surface area contributed by atoms with E-state index in [1.165, 1.54) is 12.8 Å². The standard InChI is InChI=1S/C23H27N3O4/c1-16-21(30-20-9-5-4-8-19(20)29-16)22(27)24-17-10-12-18(13-11-17)25-23(28)26-14-6-2-3-7-15-26/h4-5,8-13,16,21H,2-3,6-7,14-15H2,1H3,(H,24,27)(H,25,28). The first-order valence-corrected chi connectivity index (χ1v) is 10.5. The Bertz CT molecular complexity index is 892. The summed E-state index contributed by atoms with van der Waals surface area (Å²) < 4.78 is 11.6. The second-order valence-electron chi connectivity index (χ2n) is 7.71. The molecule has 2 unspecified atom stereocenters. The van der Waals surface area contributed by atoms with Crippen LogP contribution in [-0.2, 0) is 4.79 Å². The smallest absolute Gasteiger partial charge is 0.321 e. The van der Waals surface area contributed by atoms with Crippen LogP contribution in [-0.4, -0.2) is 42.1 Å². The molecule has 4 rings (SSSR count). The van der Waals surface area contributed by atoms with Gasteiger partial charge in [0.2, 0.25) is 6.10 Å². The Balaban J connectivity index is 1.34. The van der Waals surface area contributed by atoms with Crippen molar-refractivity contribution in [3.8, 4) is 11.5 Å². The molecule has 0 saturated carbocycles. The molecule has 2 atom stereocenters. The summed E-state index contributed by atoms with van der Waals surface area (Å²) in [5, 5.41) is 5.79. The Morgan fingerprint density at radius 3 is 2.03 bits per heavy atom. The summed E-state index contributed by atoms with van der Waals surface area (Å²) >= 11 is 0. The maximum Gasteiger partial charge on any atom is 0.321 e. The number of rotatable bonds is 3. The largest absolute Gasteiger partial charge is 0.482 e. The number of benzene rings is 2. The van der Waals surface area contributed by atoms with Crippen LogP contribution in [0.15, 0.2) is 48.5 Å². The van der Waals surface area contributed by atoms with Crippen LogP contribution < -0.4 is 20.1 Å². The quantitative estimate of drug-likeness (QED) is 0.794. The molecule has 2 heterocycles. The summed E-state index contributed by atoms with van der Waals surface area (Å²) in [6, 6.07) is 14.3. The maximum absolute atomic E-state index is 12.7. The van der Waals surface area contributed by atoms with Gasteiger partial charge in [-0.3, -0.25) is 4.79 Å². The number of ether oxygens (including phenoxy) is 2. The fraction of sp³-hybridized carbons (Fsp3) is 0.391. The molecule has 7 nitrogen and oxygen atoms in total. The van der Waals surface area contributed by atoms with E-state index in [0.29, 0.717) is 22.9 Å². The average Bonchev–Trinajstić information content (AvgIpc) is 3.04. The highest BCUT2D eigenvalue weighted by molar-refractivity contribution is 5.95. The molecule has 1 saturated heterocycles. The average molecular weight is 409 g/mol. The highest BCUT2D eigenvalue weighted by Gasteiger charge is 2.34. The van der Waals surface area contributed by atoms with Gasteiger partial charge in [0.1, 0.15) is 6.10 Å². The van der Waals surface area contributed by atoms with Crippen LogP contribution in [0.4, 0.5) is 16.2 Å². The van der Waals surface area contributed by atoms with Gasteiger partial charge in [-0.05, 0) is 56.2 Å². The predicted octanol–water partition coefficient (Wildman–Crippen LogP) is 4.26. The zero-order valence-electron chi connectivity index (χ0n) is 17.1. The summed E-state index contributed by atoms with van der Waals surface area (Å²) in [5.74, 6) is 0.916. The van der Waals surface area contributed by atoms with Crippen LogP contribution >= 0.6 is 0 Å². The molecule has 3 amide bonds. The molecule has 2 aromatic rings. The number of para-hydroxylation sites is 2. The van der Waals surface area contributed by atoms with Gasteiger partial charge in [-0.25, -0.2) is 4.79 Å². The summed E-state index contributed by atoms with van der Waals surface area (Å²) in [6.07, 6.45) is 3.30. The first-order chi connectivity index (χ1) is 14.6. The minimum absolute atomic E-state index is 0.0751. The van der Waals surface area contributed by atoms with Crippen molar-refractivity contribution in [1.29, 1.82) is 0 Å². The van der Waals surface area contributed by atoms with E-state index in [1.54, 1.807) is 30.3 Å². The third-order valence-corrected chi connectivity index (χ3v) is 5.40. The SMILES string of the molecule is CC1Oc2ccccc2OC1C(=O)Nc1ccc(NC(=O)N2CCCCCC2)cc1. The summed E-state index contributed by atoms with van der Waals surface area (Å²) in [4.78, 5) is 27.0. The molecule has 7 heteroatoms. The molecule has 2 aliphatic heterocycles.